The third-order valence-electron chi connectivity index (χ3n) is 3.11. The van der Waals surface area contributed by atoms with E-state index in [1.807, 2.05) is 0 Å². The molecular weight excluding hydrogens is 334 g/mol. The molecule has 7 heteroatoms. The lowest BCUT2D eigenvalue weighted by Gasteiger charge is -2.14. The molecule has 6 nitrogen and oxygen atoms in total. The van der Waals surface area contributed by atoms with Gasteiger partial charge in [0.05, 0.1) is 21.3 Å². The summed E-state index contributed by atoms with van der Waals surface area (Å²) in [5, 5.41) is 3.25. The van der Waals surface area contributed by atoms with Gasteiger partial charge in [0.1, 0.15) is 5.75 Å². The van der Waals surface area contributed by atoms with Gasteiger partial charge in [0.25, 0.3) is 5.91 Å². The van der Waals surface area contributed by atoms with Crippen LogP contribution in [-0.2, 0) is 4.79 Å². The van der Waals surface area contributed by atoms with E-state index < -0.39 is 0 Å². The van der Waals surface area contributed by atoms with Gasteiger partial charge in [0.2, 0.25) is 5.75 Å². The Bertz CT molecular complexity index is 695. The second-order valence-corrected chi connectivity index (χ2v) is 5.14. The summed E-state index contributed by atoms with van der Waals surface area (Å²) in [6, 6.07) is 10.1. The Labute approximate surface area is 145 Å². The number of ether oxygens (including phenoxy) is 4. The highest BCUT2D eigenvalue weighted by Gasteiger charge is 2.14. The second-order valence-electron chi connectivity index (χ2n) is 4.71. The molecule has 0 aliphatic rings. The van der Waals surface area contributed by atoms with E-state index in [4.69, 9.17) is 30.5 Å². The van der Waals surface area contributed by atoms with Gasteiger partial charge in [-0.25, -0.2) is 0 Å². The molecule has 2 aromatic rings. The number of benzene rings is 2. The van der Waals surface area contributed by atoms with Crippen molar-refractivity contribution in [1.29, 1.82) is 0 Å². The molecule has 0 radical (unpaired) electrons. The Morgan fingerprint density at radius 3 is 2.25 bits per heavy atom. The molecule has 2 aromatic carbocycles. The van der Waals surface area contributed by atoms with Crippen molar-refractivity contribution in [2.24, 2.45) is 0 Å². The van der Waals surface area contributed by atoms with Gasteiger partial charge >= 0.3 is 0 Å². The molecule has 24 heavy (non-hydrogen) atoms. The van der Waals surface area contributed by atoms with Gasteiger partial charge in [-0.05, 0) is 18.2 Å². The van der Waals surface area contributed by atoms with Crippen LogP contribution in [0, 0.1) is 0 Å². The minimum atomic E-state index is -0.329. The molecule has 0 bridgehead atoms. The first kappa shape index (κ1) is 17.7. The molecule has 1 N–H and O–H groups in total. The fraction of sp³-hybridized carbons (Fsp3) is 0.235. The summed E-state index contributed by atoms with van der Waals surface area (Å²) in [5.41, 5.74) is 0.504. The molecule has 0 saturated carbocycles. The van der Waals surface area contributed by atoms with Crippen molar-refractivity contribution in [2.75, 3.05) is 33.3 Å². The van der Waals surface area contributed by atoms with E-state index in [0.29, 0.717) is 33.7 Å². The number of anilines is 1. The molecule has 1 amide bonds. The third-order valence-corrected chi connectivity index (χ3v) is 3.35. The normalized spacial score (nSPS) is 10.0. The number of amides is 1. The zero-order valence-electron chi connectivity index (χ0n) is 13.6. The highest BCUT2D eigenvalue weighted by molar-refractivity contribution is 6.30. The number of carbonyl (C=O) groups is 1. The van der Waals surface area contributed by atoms with E-state index in [0.717, 1.165) is 0 Å². The Morgan fingerprint density at radius 2 is 1.71 bits per heavy atom. The van der Waals surface area contributed by atoms with E-state index in [1.54, 1.807) is 36.4 Å². The smallest absolute Gasteiger partial charge is 0.262 e. The molecule has 0 spiro atoms. The van der Waals surface area contributed by atoms with Crippen LogP contribution in [-0.4, -0.2) is 33.8 Å². The molecule has 0 unspecified atom stereocenters. The number of carbonyl (C=O) groups excluding carboxylic acids is 1. The topological polar surface area (TPSA) is 66.0 Å². The van der Waals surface area contributed by atoms with Gasteiger partial charge in [-0.15, -0.1) is 0 Å². The summed E-state index contributed by atoms with van der Waals surface area (Å²) in [5.74, 6) is 1.53. The summed E-state index contributed by atoms with van der Waals surface area (Å²) < 4.78 is 21.1. The largest absolute Gasteiger partial charge is 0.493 e. The van der Waals surface area contributed by atoms with Crippen LogP contribution >= 0.6 is 11.6 Å². The van der Waals surface area contributed by atoms with Crippen molar-refractivity contribution in [3.63, 3.8) is 0 Å². The van der Waals surface area contributed by atoms with Crippen molar-refractivity contribution < 1.29 is 23.7 Å². The summed E-state index contributed by atoms with van der Waals surface area (Å²) >= 11 is 5.87. The van der Waals surface area contributed by atoms with Gasteiger partial charge in [0, 0.05) is 22.8 Å². The van der Waals surface area contributed by atoms with E-state index in [9.17, 15) is 4.79 Å². The lowest BCUT2D eigenvalue weighted by molar-refractivity contribution is -0.118. The predicted octanol–water partition coefficient (Wildman–Crippen LogP) is 3.38. The van der Waals surface area contributed by atoms with E-state index in [1.165, 1.54) is 21.3 Å². The summed E-state index contributed by atoms with van der Waals surface area (Å²) in [6.07, 6.45) is 0. The van der Waals surface area contributed by atoms with Gasteiger partial charge < -0.3 is 24.3 Å². The first-order chi connectivity index (χ1) is 11.6. The molecule has 0 fully saturated rings. The van der Waals surface area contributed by atoms with Crippen LogP contribution in [0.2, 0.25) is 5.02 Å². The number of nitrogens with one attached hydrogen (secondary N) is 1. The van der Waals surface area contributed by atoms with Gasteiger partial charge in [-0.1, -0.05) is 17.7 Å². The number of methoxy groups -OCH3 is 3. The van der Waals surface area contributed by atoms with Crippen molar-refractivity contribution >= 4 is 23.2 Å². The third kappa shape index (κ3) is 4.45. The summed E-state index contributed by atoms with van der Waals surface area (Å²) in [7, 11) is 4.52. The summed E-state index contributed by atoms with van der Waals surface area (Å²) in [6.45, 7) is -0.156. The monoisotopic (exact) mass is 351 g/mol. The van der Waals surface area contributed by atoms with Crippen LogP contribution in [0.3, 0.4) is 0 Å². The lowest BCUT2D eigenvalue weighted by atomic mass is 10.2. The van der Waals surface area contributed by atoms with Crippen molar-refractivity contribution in [2.45, 2.75) is 0 Å². The quantitative estimate of drug-likeness (QED) is 0.828. The van der Waals surface area contributed by atoms with Crippen LogP contribution in [0.25, 0.3) is 0 Å². The van der Waals surface area contributed by atoms with E-state index in [-0.39, 0.29) is 12.5 Å². The highest BCUT2D eigenvalue weighted by Crippen LogP contribution is 2.39. The Balaban J connectivity index is 2.05. The molecule has 0 aliphatic heterocycles. The summed E-state index contributed by atoms with van der Waals surface area (Å²) in [4.78, 5) is 12.0. The van der Waals surface area contributed by atoms with Crippen LogP contribution in [0.15, 0.2) is 36.4 Å². The first-order valence-electron chi connectivity index (χ1n) is 7.05. The molecule has 128 valence electrons. The molecule has 0 heterocycles. The predicted molar refractivity (Wildman–Crippen MR) is 91.7 cm³/mol. The van der Waals surface area contributed by atoms with Gasteiger partial charge in [0.15, 0.2) is 18.1 Å². The average molecular weight is 352 g/mol. The van der Waals surface area contributed by atoms with Crippen molar-refractivity contribution in [3.05, 3.63) is 41.4 Å². The van der Waals surface area contributed by atoms with E-state index in [2.05, 4.69) is 5.32 Å². The zero-order chi connectivity index (χ0) is 17.5. The number of hydrogen-bond acceptors (Lipinski definition) is 5. The van der Waals surface area contributed by atoms with Gasteiger partial charge in [-0.3, -0.25) is 4.79 Å². The fourth-order valence-corrected chi connectivity index (χ4v) is 2.24. The number of rotatable bonds is 7. The van der Waals surface area contributed by atoms with Crippen molar-refractivity contribution in [3.8, 4) is 23.0 Å². The minimum absolute atomic E-state index is 0.156. The molecule has 2 rings (SSSR count). The SMILES string of the molecule is COc1cc(NC(=O)COc2cccc(Cl)c2)cc(OC)c1OC. The number of hydrogen-bond donors (Lipinski definition) is 1. The maximum atomic E-state index is 12.0. The maximum absolute atomic E-state index is 12.0. The second kappa shape index (κ2) is 8.31. The Morgan fingerprint density at radius 1 is 1.04 bits per heavy atom. The van der Waals surface area contributed by atoms with E-state index >= 15 is 0 Å². The molecule has 0 atom stereocenters. The molecule has 0 saturated heterocycles. The lowest BCUT2D eigenvalue weighted by Crippen LogP contribution is -2.20. The molecule has 0 aromatic heterocycles. The van der Waals surface area contributed by atoms with Crippen LogP contribution in [0.5, 0.6) is 23.0 Å². The average Bonchev–Trinajstić information content (AvgIpc) is 2.59. The highest BCUT2D eigenvalue weighted by atomic mass is 35.5. The minimum Gasteiger partial charge on any atom is -0.493 e. The van der Waals surface area contributed by atoms with Crippen LogP contribution in [0.4, 0.5) is 5.69 Å². The maximum Gasteiger partial charge on any atom is 0.262 e. The van der Waals surface area contributed by atoms with Crippen LogP contribution < -0.4 is 24.3 Å². The van der Waals surface area contributed by atoms with Crippen LogP contribution in [0.1, 0.15) is 0 Å². The fourth-order valence-electron chi connectivity index (χ4n) is 2.06. The van der Waals surface area contributed by atoms with Gasteiger partial charge in [-0.2, -0.15) is 0 Å². The molecule has 0 aliphatic carbocycles. The standard InChI is InChI=1S/C17H18ClNO5/c1-21-14-8-12(9-15(22-2)17(14)23-3)19-16(20)10-24-13-6-4-5-11(18)7-13/h4-9H,10H2,1-3H3,(H,19,20). The van der Waals surface area contributed by atoms with Crippen molar-refractivity contribution in [1.82, 2.24) is 0 Å². The molecular formula is C17H18ClNO5. The Hall–Kier alpha value is -2.60. The zero-order valence-corrected chi connectivity index (χ0v) is 14.3. The Kier molecular flexibility index (Phi) is 6.14. The number of halogens is 1. The first-order valence-corrected chi connectivity index (χ1v) is 7.43.